The van der Waals surface area contributed by atoms with E-state index in [-0.39, 0.29) is 11.1 Å². The molecule has 0 atom stereocenters. The van der Waals surface area contributed by atoms with Crippen molar-refractivity contribution >= 4 is 22.9 Å². The van der Waals surface area contributed by atoms with Crippen molar-refractivity contribution in [3.05, 3.63) is 70.6 Å². The molecule has 1 N–H and O–H groups in total. The lowest BCUT2D eigenvalue weighted by Crippen LogP contribution is -2.17. The minimum Gasteiger partial charge on any atom is -0.494 e. The van der Waals surface area contributed by atoms with Gasteiger partial charge >= 0.3 is 0 Å². The number of rotatable bonds is 8. The van der Waals surface area contributed by atoms with E-state index in [1.807, 2.05) is 55.5 Å². The quantitative estimate of drug-likeness (QED) is 0.533. The lowest BCUT2D eigenvalue weighted by molar-refractivity contribution is -0.115. The smallest absolute Gasteiger partial charge is 0.290 e. The Morgan fingerprint density at radius 2 is 1.89 bits per heavy atom. The molecule has 0 radical (unpaired) electrons. The Morgan fingerprint density at radius 1 is 1.07 bits per heavy atom. The zero-order valence-corrected chi connectivity index (χ0v) is 15.9. The van der Waals surface area contributed by atoms with Gasteiger partial charge in [0.15, 0.2) is 0 Å². The van der Waals surface area contributed by atoms with Gasteiger partial charge in [0.2, 0.25) is 0 Å². The molecule has 1 fully saturated rings. The molecule has 1 aliphatic rings. The predicted molar refractivity (Wildman–Crippen MR) is 106 cm³/mol. The number of ether oxygens (including phenoxy) is 2. The summed E-state index contributed by atoms with van der Waals surface area (Å²) in [6.45, 7) is 3.06. The molecule has 5 nitrogen and oxygen atoms in total. The predicted octanol–water partition coefficient (Wildman–Crippen LogP) is 4.60. The van der Waals surface area contributed by atoms with Gasteiger partial charge in [-0.1, -0.05) is 36.4 Å². The third-order valence-corrected chi connectivity index (χ3v) is 4.83. The zero-order chi connectivity index (χ0) is 19.1. The van der Waals surface area contributed by atoms with Crippen LogP contribution >= 0.6 is 11.8 Å². The highest BCUT2D eigenvalue weighted by Gasteiger charge is 2.24. The van der Waals surface area contributed by atoms with Gasteiger partial charge in [0.05, 0.1) is 11.5 Å². The maximum atomic E-state index is 11.4. The van der Waals surface area contributed by atoms with Crippen molar-refractivity contribution < 1.29 is 19.1 Å². The fraction of sp³-hybridized carbons (Fsp3) is 0.238. The number of benzene rings is 2. The fourth-order valence-electron chi connectivity index (χ4n) is 2.58. The average molecular weight is 383 g/mol. The second-order valence-electron chi connectivity index (χ2n) is 6.10. The minimum atomic E-state index is -0.312. The molecule has 140 valence electrons. The standard InChI is InChI=1S/C21H21NO4S/c1-15-13-17(10-11-18(15)26-14-16-7-3-2-4-8-16)25-12-6-5-9-19-20(23)22-21(24)27-19/h2-4,7-11,13H,5-6,12,14H2,1H3,(H,22,23,24). The highest BCUT2D eigenvalue weighted by Crippen LogP contribution is 2.25. The minimum absolute atomic E-state index is 0.312. The Hall–Kier alpha value is -2.73. The van der Waals surface area contributed by atoms with Crippen molar-refractivity contribution in [3.63, 3.8) is 0 Å². The Labute approximate surface area is 162 Å². The van der Waals surface area contributed by atoms with Gasteiger partial charge in [-0.25, -0.2) is 0 Å². The Morgan fingerprint density at radius 3 is 2.59 bits per heavy atom. The fourth-order valence-corrected chi connectivity index (χ4v) is 3.26. The van der Waals surface area contributed by atoms with Crippen molar-refractivity contribution in [1.29, 1.82) is 0 Å². The first-order valence-electron chi connectivity index (χ1n) is 8.75. The number of aryl methyl sites for hydroxylation is 1. The number of thioether (sulfide) groups is 1. The Bertz CT molecular complexity index is 849. The topological polar surface area (TPSA) is 64.6 Å². The second-order valence-corrected chi connectivity index (χ2v) is 7.12. The van der Waals surface area contributed by atoms with Crippen molar-refractivity contribution in [2.24, 2.45) is 0 Å². The number of hydrogen-bond acceptors (Lipinski definition) is 5. The third kappa shape index (κ3) is 5.62. The lowest BCUT2D eigenvalue weighted by Gasteiger charge is -2.11. The molecule has 3 rings (SSSR count). The van der Waals surface area contributed by atoms with Crippen LogP contribution in [0, 0.1) is 6.92 Å². The summed E-state index contributed by atoms with van der Waals surface area (Å²) in [5, 5.41) is 1.93. The molecule has 0 saturated carbocycles. The van der Waals surface area contributed by atoms with Crippen LogP contribution in [0.5, 0.6) is 11.5 Å². The molecule has 0 aliphatic carbocycles. The highest BCUT2D eigenvalue weighted by molar-refractivity contribution is 8.18. The summed E-state index contributed by atoms with van der Waals surface area (Å²) in [6.07, 6.45) is 3.22. The summed E-state index contributed by atoms with van der Waals surface area (Å²) in [5.74, 6) is 1.31. The number of amides is 2. The molecule has 1 heterocycles. The van der Waals surface area contributed by atoms with E-state index in [1.54, 1.807) is 6.08 Å². The molecule has 0 unspecified atom stereocenters. The summed E-state index contributed by atoms with van der Waals surface area (Å²) in [4.78, 5) is 23.0. The van der Waals surface area contributed by atoms with Crippen LogP contribution in [0.4, 0.5) is 4.79 Å². The molecule has 2 amide bonds. The van der Waals surface area contributed by atoms with Gasteiger partial charge in [0.25, 0.3) is 11.1 Å². The van der Waals surface area contributed by atoms with Gasteiger partial charge in [-0.3, -0.25) is 14.9 Å². The largest absolute Gasteiger partial charge is 0.494 e. The van der Waals surface area contributed by atoms with Gasteiger partial charge in [-0.15, -0.1) is 0 Å². The first-order chi connectivity index (χ1) is 13.1. The van der Waals surface area contributed by atoms with Crippen LogP contribution in [0.15, 0.2) is 59.5 Å². The molecule has 2 aromatic carbocycles. The van der Waals surface area contributed by atoms with Crippen LogP contribution in [-0.4, -0.2) is 17.8 Å². The number of carbonyl (C=O) groups excluding carboxylic acids is 2. The lowest BCUT2D eigenvalue weighted by atomic mass is 10.2. The summed E-state index contributed by atoms with van der Waals surface area (Å²) in [7, 11) is 0. The van der Waals surface area contributed by atoms with Gasteiger partial charge < -0.3 is 9.47 Å². The maximum absolute atomic E-state index is 11.4. The molecule has 1 aliphatic heterocycles. The van der Waals surface area contributed by atoms with Crippen LogP contribution in [0.2, 0.25) is 0 Å². The van der Waals surface area contributed by atoms with E-state index in [0.29, 0.717) is 24.5 Å². The van der Waals surface area contributed by atoms with Crippen LogP contribution in [0.1, 0.15) is 24.0 Å². The number of imide groups is 1. The van der Waals surface area contributed by atoms with Crippen molar-refractivity contribution in [2.45, 2.75) is 26.4 Å². The summed E-state index contributed by atoms with van der Waals surface area (Å²) < 4.78 is 11.6. The normalized spacial score (nSPS) is 15.1. The van der Waals surface area contributed by atoms with Gasteiger partial charge in [0, 0.05) is 0 Å². The van der Waals surface area contributed by atoms with Crippen molar-refractivity contribution in [1.82, 2.24) is 5.32 Å². The maximum Gasteiger partial charge on any atom is 0.290 e. The molecule has 1 saturated heterocycles. The first kappa shape index (κ1) is 19.0. The zero-order valence-electron chi connectivity index (χ0n) is 15.1. The molecule has 0 bridgehead atoms. The number of nitrogens with one attached hydrogen (secondary N) is 1. The third-order valence-electron chi connectivity index (χ3n) is 3.97. The molecule has 0 aromatic heterocycles. The van der Waals surface area contributed by atoms with Gasteiger partial charge in [0.1, 0.15) is 18.1 Å². The molecule has 2 aromatic rings. The van der Waals surface area contributed by atoms with Crippen molar-refractivity contribution in [3.8, 4) is 11.5 Å². The van der Waals surface area contributed by atoms with Crippen LogP contribution in [0.25, 0.3) is 0 Å². The molecule has 0 spiro atoms. The molecule has 27 heavy (non-hydrogen) atoms. The van der Waals surface area contributed by atoms with E-state index in [9.17, 15) is 9.59 Å². The number of carbonyl (C=O) groups is 2. The number of allylic oxidation sites excluding steroid dienone is 1. The Balaban J connectivity index is 1.43. The molecular weight excluding hydrogens is 362 g/mol. The van der Waals surface area contributed by atoms with E-state index in [1.165, 1.54) is 0 Å². The van der Waals surface area contributed by atoms with E-state index in [2.05, 4.69) is 5.32 Å². The van der Waals surface area contributed by atoms with E-state index >= 15 is 0 Å². The van der Waals surface area contributed by atoms with E-state index in [0.717, 1.165) is 40.8 Å². The summed E-state index contributed by atoms with van der Waals surface area (Å²) in [5.41, 5.74) is 2.14. The molecular formula is C21H21NO4S. The van der Waals surface area contributed by atoms with E-state index < -0.39 is 0 Å². The van der Waals surface area contributed by atoms with Crippen molar-refractivity contribution in [2.75, 3.05) is 6.61 Å². The second kappa shape index (κ2) is 9.28. The first-order valence-corrected chi connectivity index (χ1v) is 9.57. The van der Waals surface area contributed by atoms with Gasteiger partial charge in [-0.05, 0) is 60.9 Å². The van der Waals surface area contributed by atoms with Crippen LogP contribution in [-0.2, 0) is 11.4 Å². The number of hydrogen-bond donors (Lipinski definition) is 1. The summed E-state index contributed by atoms with van der Waals surface area (Å²) >= 11 is 0.941. The highest BCUT2D eigenvalue weighted by atomic mass is 32.2. The van der Waals surface area contributed by atoms with Crippen LogP contribution in [0.3, 0.4) is 0 Å². The van der Waals surface area contributed by atoms with E-state index in [4.69, 9.17) is 9.47 Å². The summed E-state index contributed by atoms with van der Waals surface area (Å²) in [6, 6.07) is 15.8. The van der Waals surface area contributed by atoms with Crippen LogP contribution < -0.4 is 14.8 Å². The van der Waals surface area contributed by atoms with Gasteiger partial charge in [-0.2, -0.15) is 0 Å². The molecule has 6 heteroatoms. The average Bonchev–Trinajstić information content (AvgIpc) is 2.99. The Kier molecular flexibility index (Phi) is 6.54. The monoisotopic (exact) mass is 383 g/mol. The SMILES string of the molecule is Cc1cc(OCCCC=C2SC(=O)NC2=O)ccc1OCc1ccccc1. The number of unbranched alkanes of at least 4 members (excludes halogenated alkanes) is 1.